The molecular weight excluding hydrogens is 364 g/mol. The molecule has 2 saturated heterocycles. The molecule has 1 amide bonds. The van der Waals surface area contributed by atoms with Crippen LogP contribution in [0.5, 0.6) is 0 Å². The van der Waals surface area contributed by atoms with Crippen LogP contribution in [-0.2, 0) is 0 Å². The highest BCUT2D eigenvalue weighted by Crippen LogP contribution is 2.28. The van der Waals surface area contributed by atoms with E-state index in [1.165, 1.54) is 0 Å². The number of hydrogen-bond donors (Lipinski definition) is 1. The van der Waals surface area contributed by atoms with Gasteiger partial charge in [0.1, 0.15) is 0 Å². The van der Waals surface area contributed by atoms with Gasteiger partial charge in [0.15, 0.2) is 0 Å². The Bertz CT molecular complexity index is 834. The van der Waals surface area contributed by atoms with Gasteiger partial charge in [-0.1, -0.05) is 18.2 Å². The fourth-order valence-electron chi connectivity index (χ4n) is 4.85. The number of amides is 1. The topological polar surface area (TPSA) is 59.9 Å². The monoisotopic (exact) mass is 396 g/mol. The number of para-hydroxylation sites is 1. The highest BCUT2D eigenvalue weighted by Gasteiger charge is 2.35. The van der Waals surface area contributed by atoms with E-state index in [0.29, 0.717) is 17.5 Å². The lowest BCUT2D eigenvalue weighted by molar-refractivity contribution is 0.0218. The number of fused-ring (bicyclic) bond motifs is 1. The number of likely N-dealkylation sites (tertiary alicyclic amines) is 1. The second-order valence-electron chi connectivity index (χ2n) is 8.49. The van der Waals surface area contributed by atoms with Gasteiger partial charge in [0.25, 0.3) is 5.91 Å². The number of aliphatic hydroxyl groups excluding tert-OH is 1. The Morgan fingerprint density at radius 1 is 1.17 bits per heavy atom. The van der Waals surface area contributed by atoms with E-state index < -0.39 is 0 Å². The van der Waals surface area contributed by atoms with Gasteiger partial charge in [-0.2, -0.15) is 0 Å². The average molecular weight is 397 g/mol. The second-order valence-corrected chi connectivity index (χ2v) is 8.49. The summed E-state index contributed by atoms with van der Waals surface area (Å²) in [5.41, 5.74) is 1.58. The summed E-state index contributed by atoms with van der Waals surface area (Å²) in [6, 6.07) is 10.4. The number of hydrogen-bond acceptors (Lipinski definition) is 5. The van der Waals surface area contributed by atoms with Crippen LogP contribution in [0.25, 0.3) is 10.9 Å². The van der Waals surface area contributed by atoms with Crippen molar-refractivity contribution in [3.8, 4) is 0 Å². The van der Waals surface area contributed by atoms with E-state index in [1.54, 1.807) is 6.20 Å². The SMILES string of the molecule is CN1CCN([C@H]2CCN(C(=O)c3cnc4ccccc4c3)C[C@H]2CCCO)CC1. The molecule has 0 spiro atoms. The number of rotatable bonds is 5. The lowest BCUT2D eigenvalue weighted by Gasteiger charge is -2.46. The van der Waals surface area contributed by atoms with Gasteiger partial charge >= 0.3 is 0 Å². The summed E-state index contributed by atoms with van der Waals surface area (Å²) in [7, 11) is 2.18. The Kier molecular flexibility index (Phi) is 6.43. The van der Waals surface area contributed by atoms with Crippen molar-refractivity contribution < 1.29 is 9.90 Å². The molecule has 0 bridgehead atoms. The van der Waals surface area contributed by atoms with E-state index in [4.69, 9.17) is 0 Å². The van der Waals surface area contributed by atoms with Gasteiger partial charge in [-0.05, 0) is 44.4 Å². The summed E-state index contributed by atoms with van der Waals surface area (Å²) in [6.07, 6.45) is 4.48. The van der Waals surface area contributed by atoms with Gasteiger partial charge in [-0.25, -0.2) is 0 Å². The van der Waals surface area contributed by atoms with Crippen LogP contribution in [0.2, 0.25) is 0 Å². The molecule has 1 aromatic heterocycles. The molecule has 156 valence electrons. The standard InChI is InChI=1S/C23H32N4O2/c1-25-10-12-26(13-11-25)22-8-9-27(17-19(22)6-4-14-28)23(29)20-15-18-5-2-3-7-21(18)24-16-20/h2-3,5,7,15-16,19,22,28H,4,6,8-14,17H2,1H3/t19-,22+/m1/s1. The zero-order chi connectivity index (χ0) is 20.2. The van der Waals surface area contributed by atoms with Crippen LogP contribution >= 0.6 is 0 Å². The molecule has 3 heterocycles. The van der Waals surface area contributed by atoms with Crippen molar-refractivity contribution >= 4 is 16.8 Å². The minimum atomic E-state index is 0.0779. The zero-order valence-corrected chi connectivity index (χ0v) is 17.3. The number of carbonyl (C=O) groups excluding carboxylic acids is 1. The zero-order valence-electron chi connectivity index (χ0n) is 17.3. The smallest absolute Gasteiger partial charge is 0.255 e. The summed E-state index contributed by atoms with van der Waals surface area (Å²) in [6.45, 7) is 6.18. The van der Waals surface area contributed by atoms with Crippen molar-refractivity contribution in [3.63, 3.8) is 0 Å². The van der Waals surface area contributed by atoms with Crippen molar-refractivity contribution in [3.05, 3.63) is 42.1 Å². The fourth-order valence-corrected chi connectivity index (χ4v) is 4.85. The average Bonchev–Trinajstić information content (AvgIpc) is 2.77. The Hall–Kier alpha value is -2.02. The van der Waals surface area contributed by atoms with E-state index in [2.05, 4.69) is 21.8 Å². The first-order valence-corrected chi connectivity index (χ1v) is 10.8. The Balaban J connectivity index is 1.47. The van der Waals surface area contributed by atoms with Crippen molar-refractivity contribution in [1.82, 2.24) is 19.7 Å². The first-order chi connectivity index (χ1) is 14.2. The molecule has 2 fully saturated rings. The molecule has 2 aliphatic heterocycles. The molecule has 2 aliphatic rings. The maximum absolute atomic E-state index is 13.2. The van der Waals surface area contributed by atoms with Crippen LogP contribution in [0, 0.1) is 5.92 Å². The number of aromatic nitrogens is 1. The number of aliphatic hydroxyl groups is 1. The lowest BCUT2D eigenvalue weighted by atomic mass is 9.86. The fraction of sp³-hybridized carbons (Fsp3) is 0.565. The highest BCUT2D eigenvalue weighted by molar-refractivity contribution is 5.97. The quantitative estimate of drug-likeness (QED) is 0.839. The van der Waals surface area contributed by atoms with Gasteiger partial charge in [0.2, 0.25) is 0 Å². The van der Waals surface area contributed by atoms with Crippen molar-refractivity contribution in [2.75, 3.05) is 52.9 Å². The molecule has 1 aromatic carbocycles. The number of piperidine rings is 1. The van der Waals surface area contributed by atoms with E-state index >= 15 is 0 Å². The molecule has 0 saturated carbocycles. The highest BCUT2D eigenvalue weighted by atomic mass is 16.3. The first-order valence-electron chi connectivity index (χ1n) is 10.8. The number of pyridine rings is 1. The maximum atomic E-state index is 13.2. The normalized spacial score (nSPS) is 24.1. The third-order valence-electron chi connectivity index (χ3n) is 6.56. The predicted molar refractivity (Wildman–Crippen MR) is 115 cm³/mol. The first kappa shape index (κ1) is 20.3. The van der Waals surface area contributed by atoms with Gasteiger partial charge in [-0.15, -0.1) is 0 Å². The molecule has 2 atom stereocenters. The van der Waals surface area contributed by atoms with Crippen LogP contribution in [0.1, 0.15) is 29.6 Å². The third-order valence-corrected chi connectivity index (χ3v) is 6.56. The number of benzene rings is 1. The van der Waals surface area contributed by atoms with E-state index in [-0.39, 0.29) is 12.5 Å². The molecule has 4 rings (SSSR count). The maximum Gasteiger partial charge on any atom is 0.255 e. The molecule has 0 radical (unpaired) electrons. The van der Waals surface area contributed by atoms with Crippen LogP contribution < -0.4 is 0 Å². The molecule has 29 heavy (non-hydrogen) atoms. The van der Waals surface area contributed by atoms with Crippen LogP contribution in [-0.4, -0.2) is 89.7 Å². The third kappa shape index (κ3) is 4.60. The summed E-state index contributed by atoms with van der Waals surface area (Å²) in [5.74, 6) is 0.491. The Morgan fingerprint density at radius 3 is 2.76 bits per heavy atom. The van der Waals surface area contributed by atoms with Crippen LogP contribution in [0.15, 0.2) is 36.5 Å². The predicted octanol–water partition coefficient (Wildman–Crippen LogP) is 2.09. The van der Waals surface area contributed by atoms with Crippen molar-refractivity contribution in [1.29, 1.82) is 0 Å². The molecular formula is C23H32N4O2. The van der Waals surface area contributed by atoms with Crippen LogP contribution in [0.4, 0.5) is 0 Å². The molecule has 6 heteroatoms. The minimum Gasteiger partial charge on any atom is -0.396 e. The number of likely N-dealkylation sites (N-methyl/N-ethyl adjacent to an activating group) is 1. The number of piperazine rings is 1. The Labute approximate surface area is 173 Å². The van der Waals surface area contributed by atoms with Gasteiger partial charge in [0, 0.05) is 63.5 Å². The molecule has 1 N–H and O–H groups in total. The molecule has 0 unspecified atom stereocenters. The van der Waals surface area contributed by atoms with Crippen molar-refractivity contribution in [2.45, 2.75) is 25.3 Å². The molecule has 2 aromatic rings. The summed E-state index contributed by atoms with van der Waals surface area (Å²) in [4.78, 5) is 24.7. The van der Waals surface area contributed by atoms with Crippen LogP contribution in [0.3, 0.4) is 0 Å². The van der Waals surface area contributed by atoms with E-state index in [9.17, 15) is 9.90 Å². The largest absolute Gasteiger partial charge is 0.396 e. The molecule has 6 nitrogen and oxygen atoms in total. The number of nitrogens with zero attached hydrogens (tertiary/aromatic N) is 4. The minimum absolute atomic E-state index is 0.0779. The summed E-state index contributed by atoms with van der Waals surface area (Å²) < 4.78 is 0. The van der Waals surface area contributed by atoms with E-state index in [0.717, 1.165) is 69.4 Å². The summed E-state index contributed by atoms with van der Waals surface area (Å²) >= 11 is 0. The van der Waals surface area contributed by atoms with Gasteiger partial charge in [-0.3, -0.25) is 14.7 Å². The van der Waals surface area contributed by atoms with E-state index in [1.807, 2.05) is 35.2 Å². The van der Waals surface area contributed by atoms with Gasteiger partial charge < -0.3 is 14.9 Å². The van der Waals surface area contributed by atoms with Gasteiger partial charge in [0.05, 0.1) is 11.1 Å². The Morgan fingerprint density at radius 2 is 1.97 bits per heavy atom. The number of carbonyl (C=O) groups is 1. The van der Waals surface area contributed by atoms with Crippen molar-refractivity contribution in [2.24, 2.45) is 5.92 Å². The summed E-state index contributed by atoms with van der Waals surface area (Å²) in [5, 5.41) is 10.4. The lowest BCUT2D eigenvalue weighted by Crippen LogP contribution is -2.56. The second kappa shape index (κ2) is 9.20. The molecule has 0 aliphatic carbocycles.